The van der Waals surface area contributed by atoms with Crippen LogP contribution in [0.3, 0.4) is 0 Å². The molecule has 1 heterocycles. The van der Waals surface area contributed by atoms with Crippen LogP contribution >= 0.6 is 0 Å². The molecule has 0 aliphatic heterocycles. The maximum absolute atomic E-state index is 13.0. The Hall–Kier alpha value is -3.41. The normalized spacial score (nSPS) is 11.7. The lowest BCUT2D eigenvalue weighted by molar-refractivity contribution is 0.0976. The van der Waals surface area contributed by atoms with E-state index in [4.69, 9.17) is 4.99 Å². The van der Waals surface area contributed by atoms with Crippen molar-refractivity contribution in [2.45, 2.75) is 54.0 Å². The molecule has 0 fully saturated rings. The third-order valence-corrected chi connectivity index (χ3v) is 5.61. The van der Waals surface area contributed by atoms with Crippen LogP contribution in [-0.4, -0.2) is 21.6 Å². The summed E-state index contributed by atoms with van der Waals surface area (Å²) < 4.78 is 1.85. The summed E-state index contributed by atoms with van der Waals surface area (Å²) in [5.41, 5.74) is 7.90. The van der Waals surface area contributed by atoms with Crippen molar-refractivity contribution in [3.63, 3.8) is 0 Å². The molecule has 3 aromatic rings. The predicted molar refractivity (Wildman–Crippen MR) is 131 cm³/mol. The average Bonchev–Trinajstić information content (AvgIpc) is 2.97. The smallest absolute Gasteiger partial charge is 0.257 e. The molecule has 0 saturated heterocycles. The molecule has 0 saturated carbocycles. The van der Waals surface area contributed by atoms with E-state index >= 15 is 0 Å². The molecule has 3 rings (SSSR count). The second kappa shape index (κ2) is 9.81. The molecule has 6 heteroatoms. The Labute approximate surface area is 190 Å². The van der Waals surface area contributed by atoms with Crippen molar-refractivity contribution in [1.82, 2.24) is 15.1 Å². The Morgan fingerprint density at radius 2 is 1.66 bits per heavy atom. The van der Waals surface area contributed by atoms with Crippen molar-refractivity contribution >= 4 is 17.6 Å². The van der Waals surface area contributed by atoms with Crippen molar-refractivity contribution in [3.8, 4) is 0 Å². The van der Waals surface area contributed by atoms with Crippen molar-refractivity contribution < 1.29 is 4.79 Å². The topological polar surface area (TPSA) is 71.3 Å². The molecule has 2 N–H and O–H groups in total. The van der Waals surface area contributed by atoms with Gasteiger partial charge in [-0.15, -0.1) is 0 Å². The number of rotatable bonds is 5. The highest BCUT2D eigenvalue weighted by atomic mass is 16.1. The lowest BCUT2D eigenvalue weighted by Gasteiger charge is -2.14. The highest BCUT2D eigenvalue weighted by Crippen LogP contribution is 2.18. The molecule has 0 spiro atoms. The Morgan fingerprint density at radius 3 is 2.19 bits per heavy atom. The van der Waals surface area contributed by atoms with Gasteiger partial charge in [0, 0.05) is 29.6 Å². The quantitative estimate of drug-likeness (QED) is 0.432. The number of carbonyl (C=O) groups is 1. The van der Waals surface area contributed by atoms with Crippen LogP contribution in [0.15, 0.2) is 47.5 Å². The van der Waals surface area contributed by atoms with E-state index in [9.17, 15) is 4.79 Å². The Kier molecular flexibility index (Phi) is 7.13. The van der Waals surface area contributed by atoms with Gasteiger partial charge in [-0.25, -0.2) is 4.99 Å². The fraction of sp³-hybridized carbons (Fsp3) is 0.346. The van der Waals surface area contributed by atoms with Crippen molar-refractivity contribution in [1.29, 1.82) is 0 Å². The zero-order valence-electron chi connectivity index (χ0n) is 20.1. The van der Waals surface area contributed by atoms with E-state index in [2.05, 4.69) is 41.7 Å². The first-order valence-corrected chi connectivity index (χ1v) is 10.9. The molecule has 0 aliphatic carbocycles. The number of guanidine groups is 1. The molecule has 0 unspecified atom stereocenters. The third kappa shape index (κ3) is 5.63. The number of nitrogens with zero attached hydrogens (tertiary/aromatic N) is 3. The van der Waals surface area contributed by atoms with E-state index in [1.165, 1.54) is 5.56 Å². The van der Waals surface area contributed by atoms with Gasteiger partial charge in [-0.05, 0) is 63.4 Å². The van der Waals surface area contributed by atoms with E-state index in [1.54, 1.807) is 0 Å². The van der Waals surface area contributed by atoms with Gasteiger partial charge in [-0.3, -0.25) is 14.8 Å². The number of aromatic nitrogens is 2. The van der Waals surface area contributed by atoms with Crippen LogP contribution in [0.4, 0.5) is 5.69 Å². The van der Waals surface area contributed by atoms with Gasteiger partial charge in [0.05, 0.1) is 12.2 Å². The number of aliphatic imine (C=N–C) groups is 1. The van der Waals surface area contributed by atoms with Crippen LogP contribution in [0.25, 0.3) is 0 Å². The van der Waals surface area contributed by atoms with Crippen LogP contribution in [0.2, 0.25) is 0 Å². The zero-order chi connectivity index (χ0) is 23.4. The van der Waals surface area contributed by atoms with E-state index in [0.717, 1.165) is 33.8 Å². The summed E-state index contributed by atoms with van der Waals surface area (Å²) in [4.78, 5) is 17.7. The molecular formula is C26H33N5O. The molecule has 0 radical (unpaired) electrons. The number of amides is 1. The van der Waals surface area contributed by atoms with Gasteiger partial charge < -0.3 is 5.32 Å². The Bertz CT molecular complexity index is 1120. The number of aryl methyl sites for hydroxylation is 4. The SMILES string of the molecule is Cc1cc(C)cc(C(=O)NC(=NCc2c(C)nn(C)c2C)Nc2ccc(C(C)C)cc2)c1. The summed E-state index contributed by atoms with van der Waals surface area (Å²) in [6.07, 6.45) is 0. The van der Waals surface area contributed by atoms with E-state index < -0.39 is 0 Å². The third-order valence-electron chi connectivity index (χ3n) is 5.61. The van der Waals surface area contributed by atoms with Crippen molar-refractivity contribution in [2.24, 2.45) is 12.0 Å². The number of benzene rings is 2. The van der Waals surface area contributed by atoms with Gasteiger partial charge in [0.1, 0.15) is 0 Å². The first-order chi connectivity index (χ1) is 15.1. The Morgan fingerprint density at radius 1 is 1.03 bits per heavy atom. The van der Waals surface area contributed by atoms with Gasteiger partial charge in [-0.1, -0.05) is 43.2 Å². The first-order valence-electron chi connectivity index (χ1n) is 10.9. The number of anilines is 1. The monoisotopic (exact) mass is 431 g/mol. The second-order valence-corrected chi connectivity index (χ2v) is 8.67. The highest BCUT2D eigenvalue weighted by Gasteiger charge is 2.13. The minimum Gasteiger partial charge on any atom is -0.326 e. The first kappa shape index (κ1) is 23.3. The minimum atomic E-state index is -0.193. The molecular weight excluding hydrogens is 398 g/mol. The van der Waals surface area contributed by atoms with Crippen LogP contribution in [-0.2, 0) is 13.6 Å². The fourth-order valence-electron chi connectivity index (χ4n) is 3.69. The Balaban J connectivity index is 1.88. The molecule has 2 aromatic carbocycles. The van der Waals surface area contributed by atoms with Crippen molar-refractivity contribution in [3.05, 3.63) is 81.7 Å². The molecule has 0 atom stereocenters. The van der Waals surface area contributed by atoms with E-state index in [1.807, 2.05) is 69.8 Å². The number of carbonyl (C=O) groups excluding carboxylic acids is 1. The van der Waals surface area contributed by atoms with E-state index in [-0.39, 0.29) is 5.91 Å². The average molecular weight is 432 g/mol. The number of hydrogen-bond donors (Lipinski definition) is 2. The molecule has 0 aliphatic rings. The lowest BCUT2D eigenvalue weighted by Crippen LogP contribution is -2.36. The maximum Gasteiger partial charge on any atom is 0.257 e. The molecule has 0 bridgehead atoms. The van der Waals surface area contributed by atoms with Gasteiger partial charge >= 0.3 is 0 Å². The maximum atomic E-state index is 13.0. The minimum absolute atomic E-state index is 0.193. The molecule has 32 heavy (non-hydrogen) atoms. The summed E-state index contributed by atoms with van der Waals surface area (Å²) in [7, 11) is 1.92. The summed E-state index contributed by atoms with van der Waals surface area (Å²) in [6.45, 7) is 12.7. The summed E-state index contributed by atoms with van der Waals surface area (Å²) in [5.74, 6) is 0.675. The molecule has 168 valence electrons. The number of nitrogens with one attached hydrogen (secondary N) is 2. The number of hydrogen-bond acceptors (Lipinski definition) is 3. The summed E-state index contributed by atoms with van der Waals surface area (Å²) in [6, 6.07) is 14.0. The van der Waals surface area contributed by atoms with E-state index in [0.29, 0.717) is 24.0 Å². The molecule has 6 nitrogen and oxygen atoms in total. The van der Waals surface area contributed by atoms with Gasteiger partial charge in [0.15, 0.2) is 0 Å². The van der Waals surface area contributed by atoms with Crippen LogP contribution in [0.5, 0.6) is 0 Å². The highest BCUT2D eigenvalue weighted by molar-refractivity contribution is 6.10. The van der Waals surface area contributed by atoms with Gasteiger partial charge in [-0.2, -0.15) is 5.10 Å². The van der Waals surface area contributed by atoms with Crippen LogP contribution < -0.4 is 10.6 Å². The predicted octanol–water partition coefficient (Wildman–Crippen LogP) is 5.18. The van der Waals surface area contributed by atoms with Crippen molar-refractivity contribution in [2.75, 3.05) is 5.32 Å². The van der Waals surface area contributed by atoms with Crippen LogP contribution in [0, 0.1) is 27.7 Å². The van der Waals surface area contributed by atoms with Gasteiger partial charge in [0.25, 0.3) is 5.91 Å². The van der Waals surface area contributed by atoms with Crippen LogP contribution in [0.1, 0.15) is 63.8 Å². The second-order valence-electron chi connectivity index (χ2n) is 8.67. The lowest BCUT2D eigenvalue weighted by atomic mass is 10.0. The van der Waals surface area contributed by atoms with Gasteiger partial charge in [0.2, 0.25) is 5.96 Å². The largest absolute Gasteiger partial charge is 0.326 e. The standard InChI is InChI=1S/C26H33N5O/c1-16(2)21-8-10-23(11-9-21)28-26(27-15-24-19(5)30-31(7)20(24)6)29-25(32)22-13-17(3)12-18(4)14-22/h8-14,16H,15H2,1-7H3,(H2,27,28,29,32). The molecule has 1 amide bonds. The summed E-state index contributed by atoms with van der Waals surface area (Å²) >= 11 is 0. The zero-order valence-corrected chi connectivity index (χ0v) is 20.1. The summed E-state index contributed by atoms with van der Waals surface area (Å²) in [5, 5.41) is 10.7. The fourth-order valence-corrected chi connectivity index (χ4v) is 3.69. The molecule has 1 aromatic heterocycles.